The molecule has 0 radical (unpaired) electrons. The minimum atomic E-state index is -0.177. The van der Waals surface area contributed by atoms with Crippen LogP contribution in [0.15, 0.2) is 61.5 Å². The number of amides is 1. The number of thiophene rings is 1. The molecule has 4 rings (SSSR count). The van der Waals surface area contributed by atoms with Crippen molar-refractivity contribution in [3.63, 3.8) is 0 Å². The molecule has 6 nitrogen and oxygen atoms in total. The van der Waals surface area contributed by atoms with E-state index in [1.807, 2.05) is 44.2 Å². The van der Waals surface area contributed by atoms with Gasteiger partial charge in [-0.15, -0.1) is 11.3 Å². The van der Waals surface area contributed by atoms with E-state index in [4.69, 9.17) is 9.40 Å². The molecule has 0 unspecified atom stereocenters. The van der Waals surface area contributed by atoms with Crippen molar-refractivity contribution in [2.75, 3.05) is 11.1 Å². The Morgan fingerprint density at radius 2 is 2.07 bits per heavy atom. The third-order valence-electron chi connectivity index (χ3n) is 4.63. The largest absolute Gasteiger partial charge is 0.467 e. The summed E-state index contributed by atoms with van der Waals surface area (Å²) in [5.74, 6) is 0.604. The average Bonchev–Trinajstić information content (AvgIpc) is 3.33. The molecule has 0 spiro atoms. The van der Waals surface area contributed by atoms with Crippen molar-refractivity contribution in [3.05, 3.63) is 73.7 Å². The molecule has 1 amide bonds. The molecular weight excluding hydrogens is 486 g/mol. The van der Waals surface area contributed by atoms with Gasteiger partial charge in [-0.2, -0.15) is 0 Å². The number of hydrogen-bond donors (Lipinski definition) is 1. The average molecular weight is 504 g/mol. The van der Waals surface area contributed by atoms with E-state index in [9.17, 15) is 9.59 Å². The molecule has 0 saturated carbocycles. The van der Waals surface area contributed by atoms with Crippen molar-refractivity contribution < 1.29 is 9.21 Å². The molecule has 1 aromatic carbocycles. The number of hydrogen-bond acceptors (Lipinski definition) is 6. The summed E-state index contributed by atoms with van der Waals surface area (Å²) in [6.07, 6.45) is 1.57. The Hall–Kier alpha value is -2.36. The number of nitrogens with zero attached hydrogens (tertiary/aromatic N) is 2. The van der Waals surface area contributed by atoms with Crippen LogP contribution in [0.5, 0.6) is 0 Å². The zero-order chi connectivity index (χ0) is 21.3. The van der Waals surface area contributed by atoms with E-state index in [0.29, 0.717) is 26.8 Å². The number of nitrogens with one attached hydrogen (secondary N) is 1. The summed E-state index contributed by atoms with van der Waals surface area (Å²) in [4.78, 5) is 32.2. The number of thioether (sulfide) groups is 1. The van der Waals surface area contributed by atoms with E-state index in [1.54, 1.807) is 16.9 Å². The SMILES string of the molecule is Cc1sc2nc(SCC(=O)Nc3ccccc3Br)n(Cc3ccco3)c(=O)c2c1C. The third-order valence-corrected chi connectivity index (χ3v) is 7.40. The Labute approximate surface area is 189 Å². The van der Waals surface area contributed by atoms with Gasteiger partial charge in [0.05, 0.1) is 29.6 Å². The lowest BCUT2D eigenvalue weighted by Gasteiger charge is -2.11. The Bertz CT molecular complexity index is 1280. The van der Waals surface area contributed by atoms with Crippen molar-refractivity contribution in [2.24, 2.45) is 0 Å². The van der Waals surface area contributed by atoms with Crippen LogP contribution in [0.3, 0.4) is 0 Å². The first-order chi connectivity index (χ1) is 14.4. The van der Waals surface area contributed by atoms with Crippen molar-refractivity contribution in [3.8, 4) is 0 Å². The summed E-state index contributed by atoms with van der Waals surface area (Å²) in [6, 6.07) is 11.0. The first-order valence-corrected chi connectivity index (χ1v) is 11.7. The van der Waals surface area contributed by atoms with Crippen LogP contribution in [0.25, 0.3) is 10.2 Å². The molecule has 0 saturated heterocycles. The molecule has 0 aliphatic rings. The van der Waals surface area contributed by atoms with E-state index in [0.717, 1.165) is 14.9 Å². The van der Waals surface area contributed by atoms with Crippen LogP contribution in [0.4, 0.5) is 5.69 Å². The number of aryl methyl sites for hydroxylation is 2. The lowest BCUT2D eigenvalue weighted by molar-refractivity contribution is -0.113. The molecule has 9 heteroatoms. The molecule has 0 atom stereocenters. The summed E-state index contributed by atoms with van der Waals surface area (Å²) in [7, 11) is 0. The highest BCUT2D eigenvalue weighted by Gasteiger charge is 2.18. The standard InChI is InChI=1S/C21H18BrN3O3S2/c1-12-13(2)30-19-18(12)20(27)25(10-14-6-5-9-28-14)21(24-19)29-11-17(26)23-16-8-4-3-7-15(16)22/h3-9H,10-11H2,1-2H3,(H,23,26). The lowest BCUT2D eigenvalue weighted by atomic mass is 10.2. The summed E-state index contributed by atoms with van der Waals surface area (Å²) >= 11 is 6.15. The maximum atomic E-state index is 13.3. The highest BCUT2D eigenvalue weighted by Crippen LogP contribution is 2.29. The van der Waals surface area contributed by atoms with Crippen LogP contribution in [0.2, 0.25) is 0 Å². The fraction of sp³-hybridized carbons (Fsp3) is 0.190. The predicted octanol–water partition coefficient (Wildman–Crippen LogP) is 5.21. The van der Waals surface area contributed by atoms with Gasteiger partial charge >= 0.3 is 0 Å². The normalized spacial score (nSPS) is 11.2. The second-order valence-electron chi connectivity index (χ2n) is 6.65. The maximum absolute atomic E-state index is 13.3. The Balaban J connectivity index is 1.64. The van der Waals surface area contributed by atoms with Crippen LogP contribution >= 0.6 is 39.0 Å². The van der Waals surface area contributed by atoms with Gasteiger partial charge in [0.1, 0.15) is 10.6 Å². The van der Waals surface area contributed by atoms with Crippen molar-refractivity contribution in [1.29, 1.82) is 0 Å². The fourth-order valence-corrected chi connectivity index (χ4v) is 5.25. The number of fused-ring (bicyclic) bond motifs is 1. The highest BCUT2D eigenvalue weighted by atomic mass is 79.9. The highest BCUT2D eigenvalue weighted by molar-refractivity contribution is 9.10. The second-order valence-corrected chi connectivity index (χ2v) is 9.65. The summed E-state index contributed by atoms with van der Waals surface area (Å²) in [5.41, 5.74) is 1.53. The van der Waals surface area contributed by atoms with Crippen molar-refractivity contribution >= 4 is 60.8 Å². The minimum Gasteiger partial charge on any atom is -0.467 e. The number of furan rings is 1. The number of para-hydroxylation sites is 1. The third kappa shape index (κ3) is 4.23. The van der Waals surface area contributed by atoms with Gasteiger partial charge in [0.25, 0.3) is 5.56 Å². The number of rotatable bonds is 6. The summed E-state index contributed by atoms with van der Waals surface area (Å²) in [6.45, 7) is 4.18. The first kappa shape index (κ1) is 20.9. The van der Waals surface area contributed by atoms with Crippen molar-refractivity contribution in [2.45, 2.75) is 25.5 Å². The smallest absolute Gasteiger partial charge is 0.263 e. The molecule has 0 fully saturated rings. The quantitative estimate of drug-likeness (QED) is 0.288. The van der Waals surface area contributed by atoms with Crippen molar-refractivity contribution in [1.82, 2.24) is 9.55 Å². The van der Waals surface area contributed by atoms with Crippen LogP contribution in [0, 0.1) is 13.8 Å². The number of anilines is 1. The van der Waals surface area contributed by atoms with E-state index < -0.39 is 0 Å². The molecule has 154 valence electrons. The summed E-state index contributed by atoms with van der Waals surface area (Å²) in [5, 5.41) is 4.00. The van der Waals surface area contributed by atoms with Gasteiger partial charge in [0.2, 0.25) is 5.91 Å². The fourth-order valence-electron chi connectivity index (χ4n) is 3.00. The zero-order valence-corrected chi connectivity index (χ0v) is 19.5. The van der Waals surface area contributed by atoms with Gasteiger partial charge in [-0.05, 0) is 59.6 Å². The van der Waals surface area contributed by atoms with Crippen LogP contribution < -0.4 is 10.9 Å². The number of aromatic nitrogens is 2. The van der Waals surface area contributed by atoms with E-state index >= 15 is 0 Å². The Morgan fingerprint density at radius 3 is 2.80 bits per heavy atom. The van der Waals surface area contributed by atoms with Crippen LogP contribution in [-0.2, 0) is 11.3 Å². The topological polar surface area (TPSA) is 77.1 Å². The van der Waals surface area contributed by atoms with E-state index in [2.05, 4.69) is 21.2 Å². The molecule has 0 aliphatic carbocycles. The number of carbonyl (C=O) groups excluding carboxylic acids is 1. The minimum absolute atomic E-state index is 0.119. The Morgan fingerprint density at radius 1 is 1.27 bits per heavy atom. The number of carbonyl (C=O) groups is 1. The van der Waals surface area contributed by atoms with Gasteiger partial charge in [0, 0.05) is 9.35 Å². The van der Waals surface area contributed by atoms with Gasteiger partial charge < -0.3 is 9.73 Å². The van der Waals surface area contributed by atoms with Gasteiger partial charge in [-0.25, -0.2) is 4.98 Å². The molecular formula is C21H18BrN3O3S2. The molecule has 3 heterocycles. The molecule has 3 aromatic heterocycles. The number of benzene rings is 1. The molecule has 1 N–H and O–H groups in total. The monoisotopic (exact) mass is 503 g/mol. The van der Waals surface area contributed by atoms with Crippen LogP contribution in [0.1, 0.15) is 16.2 Å². The van der Waals surface area contributed by atoms with E-state index in [1.165, 1.54) is 23.1 Å². The lowest BCUT2D eigenvalue weighted by Crippen LogP contribution is -2.24. The molecule has 0 bridgehead atoms. The molecule has 30 heavy (non-hydrogen) atoms. The Kier molecular flexibility index (Phi) is 6.12. The van der Waals surface area contributed by atoms with Crippen LogP contribution in [-0.4, -0.2) is 21.2 Å². The predicted molar refractivity (Wildman–Crippen MR) is 125 cm³/mol. The second kappa shape index (κ2) is 8.79. The maximum Gasteiger partial charge on any atom is 0.263 e. The van der Waals surface area contributed by atoms with E-state index in [-0.39, 0.29) is 23.8 Å². The zero-order valence-electron chi connectivity index (χ0n) is 16.3. The molecule has 0 aliphatic heterocycles. The van der Waals surface area contributed by atoms with Gasteiger partial charge in [0.15, 0.2) is 5.16 Å². The van der Waals surface area contributed by atoms with Gasteiger partial charge in [-0.3, -0.25) is 14.2 Å². The number of halogens is 1. The molecule has 4 aromatic rings. The van der Waals surface area contributed by atoms with Gasteiger partial charge in [-0.1, -0.05) is 23.9 Å². The first-order valence-electron chi connectivity index (χ1n) is 9.14. The summed E-state index contributed by atoms with van der Waals surface area (Å²) < 4.78 is 7.82.